The van der Waals surface area contributed by atoms with Crippen molar-refractivity contribution in [3.8, 4) is 0 Å². The Morgan fingerprint density at radius 1 is 1.12 bits per heavy atom. The highest BCUT2D eigenvalue weighted by atomic mass is 16.1. The molecule has 0 radical (unpaired) electrons. The molecule has 6 nitrogen and oxygen atoms in total. The number of pyridine rings is 1. The Labute approximate surface area is 139 Å². The van der Waals surface area contributed by atoms with Crippen LogP contribution in [0.15, 0.2) is 36.5 Å². The summed E-state index contributed by atoms with van der Waals surface area (Å²) in [5.74, 6) is 1.67. The maximum absolute atomic E-state index is 12.6. The molecule has 0 fully saturated rings. The van der Waals surface area contributed by atoms with Gasteiger partial charge in [0.25, 0.3) is 5.91 Å². The van der Waals surface area contributed by atoms with Gasteiger partial charge >= 0.3 is 0 Å². The van der Waals surface area contributed by atoms with Crippen LogP contribution in [0.25, 0.3) is 10.8 Å². The van der Waals surface area contributed by atoms with Crippen molar-refractivity contribution in [1.82, 2.24) is 25.1 Å². The van der Waals surface area contributed by atoms with E-state index in [1.54, 1.807) is 6.20 Å². The lowest BCUT2D eigenvalue weighted by molar-refractivity contribution is 0.0946. The fraction of sp³-hybridized carbons (Fsp3) is 0.333. The Morgan fingerprint density at radius 3 is 3.00 bits per heavy atom. The van der Waals surface area contributed by atoms with E-state index < -0.39 is 0 Å². The highest BCUT2D eigenvalue weighted by Gasteiger charge is 2.16. The van der Waals surface area contributed by atoms with Gasteiger partial charge in [-0.3, -0.25) is 9.78 Å². The summed E-state index contributed by atoms with van der Waals surface area (Å²) < 4.78 is 2.14. The summed E-state index contributed by atoms with van der Waals surface area (Å²) in [4.78, 5) is 16.8. The predicted molar refractivity (Wildman–Crippen MR) is 90.5 cm³/mol. The molecule has 1 aliphatic heterocycles. The number of nitrogens with zero attached hydrogens (tertiary/aromatic N) is 4. The van der Waals surface area contributed by atoms with Gasteiger partial charge < -0.3 is 9.88 Å². The molecule has 24 heavy (non-hydrogen) atoms. The highest BCUT2D eigenvalue weighted by molar-refractivity contribution is 6.05. The van der Waals surface area contributed by atoms with Gasteiger partial charge in [-0.05, 0) is 24.3 Å². The van der Waals surface area contributed by atoms with Crippen LogP contribution in [-0.2, 0) is 19.5 Å². The maximum Gasteiger partial charge on any atom is 0.270 e. The average Bonchev–Trinajstić information content (AvgIpc) is 2.85. The van der Waals surface area contributed by atoms with Crippen molar-refractivity contribution in [3.63, 3.8) is 0 Å². The SMILES string of the molecule is O=C(NCc1nnc2n1CCCCC2)c1nccc2ccccc12. The van der Waals surface area contributed by atoms with E-state index in [0.29, 0.717) is 12.2 Å². The van der Waals surface area contributed by atoms with Gasteiger partial charge in [0.15, 0.2) is 5.82 Å². The average molecular weight is 321 g/mol. The highest BCUT2D eigenvalue weighted by Crippen LogP contribution is 2.17. The second-order valence-electron chi connectivity index (χ2n) is 6.06. The molecule has 1 aromatic carbocycles. The summed E-state index contributed by atoms with van der Waals surface area (Å²) in [5.41, 5.74) is 0.448. The third-order valence-corrected chi connectivity index (χ3v) is 4.48. The molecule has 1 N–H and O–H groups in total. The summed E-state index contributed by atoms with van der Waals surface area (Å²) in [6.45, 7) is 1.30. The van der Waals surface area contributed by atoms with Crippen LogP contribution in [0.5, 0.6) is 0 Å². The van der Waals surface area contributed by atoms with E-state index in [4.69, 9.17) is 0 Å². The summed E-state index contributed by atoms with van der Waals surface area (Å²) in [6, 6.07) is 9.67. The van der Waals surface area contributed by atoms with Crippen molar-refractivity contribution in [2.45, 2.75) is 38.8 Å². The topological polar surface area (TPSA) is 72.7 Å². The molecule has 0 aliphatic carbocycles. The zero-order valence-corrected chi connectivity index (χ0v) is 13.4. The zero-order chi connectivity index (χ0) is 16.4. The minimum Gasteiger partial charge on any atom is -0.343 e. The van der Waals surface area contributed by atoms with Crippen molar-refractivity contribution in [1.29, 1.82) is 0 Å². The standard InChI is InChI=1S/C18H19N5O/c24-18(17-14-7-4-3-6-13(14)9-10-19-17)20-12-16-22-21-15-8-2-1-5-11-23(15)16/h3-4,6-7,9-10H,1-2,5,8,11-12H2,(H,20,24). The Morgan fingerprint density at radius 2 is 2.04 bits per heavy atom. The molecule has 0 saturated heterocycles. The smallest absolute Gasteiger partial charge is 0.270 e. The molecule has 0 unspecified atom stereocenters. The second kappa shape index (κ2) is 6.39. The Balaban J connectivity index is 1.54. The van der Waals surface area contributed by atoms with Crippen LogP contribution in [0.1, 0.15) is 41.4 Å². The zero-order valence-electron chi connectivity index (χ0n) is 13.4. The molecule has 4 rings (SSSR count). The van der Waals surface area contributed by atoms with E-state index in [0.717, 1.165) is 48.2 Å². The number of aryl methyl sites for hydroxylation is 1. The van der Waals surface area contributed by atoms with Crippen molar-refractivity contribution >= 4 is 16.7 Å². The molecule has 0 saturated carbocycles. The molecule has 122 valence electrons. The van der Waals surface area contributed by atoms with E-state index >= 15 is 0 Å². The third kappa shape index (κ3) is 2.75. The molecule has 2 aromatic heterocycles. The summed E-state index contributed by atoms with van der Waals surface area (Å²) in [5, 5.41) is 13.3. The largest absolute Gasteiger partial charge is 0.343 e. The molecule has 0 bridgehead atoms. The quantitative estimate of drug-likeness (QED) is 0.804. The minimum absolute atomic E-state index is 0.183. The molecular formula is C18H19N5O. The lowest BCUT2D eigenvalue weighted by Crippen LogP contribution is -2.26. The normalized spacial score (nSPS) is 14.2. The van der Waals surface area contributed by atoms with Crippen LogP contribution in [0.3, 0.4) is 0 Å². The number of nitrogens with one attached hydrogen (secondary N) is 1. The van der Waals surface area contributed by atoms with Crippen molar-refractivity contribution < 1.29 is 4.79 Å². The molecule has 3 heterocycles. The fourth-order valence-electron chi connectivity index (χ4n) is 3.22. The van der Waals surface area contributed by atoms with Crippen LogP contribution in [0, 0.1) is 0 Å². The molecule has 0 spiro atoms. The van der Waals surface area contributed by atoms with E-state index in [1.165, 1.54) is 6.42 Å². The first-order valence-corrected chi connectivity index (χ1v) is 8.36. The van der Waals surface area contributed by atoms with Gasteiger partial charge in [-0.25, -0.2) is 0 Å². The van der Waals surface area contributed by atoms with Gasteiger partial charge in [-0.15, -0.1) is 10.2 Å². The lowest BCUT2D eigenvalue weighted by atomic mass is 10.1. The monoisotopic (exact) mass is 321 g/mol. The number of aromatic nitrogens is 4. The Kier molecular flexibility index (Phi) is 3.94. The molecule has 0 atom stereocenters. The first-order valence-electron chi connectivity index (χ1n) is 8.36. The summed E-state index contributed by atoms with van der Waals surface area (Å²) >= 11 is 0. The third-order valence-electron chi connectivity index (χ3n) is 4.48. The van der Waals surface area contributed by atoms with E-state index in [9.17, 15) is 4.79 Å². The molecule has 3 aromatic rings. The number of benzene rings is 1. The van der Waals surface area contributed by atoms with Gasteiger partial charge in [0.05, 0.1) is 6.54 Å². The lowest BCUT2D eigenvalue weighted by Gasteiger charge is -2.09. The van der Waals surface area contributed by atoms with Gasteiger partial charge in [0.1, 0.15) is 11.5 Å². The minimum atomic E-state index is -0.183. The number of carbonyl (C=O) groups excluding carboxylic acids is 1. The predicted octanol–water partition coefficient (Wildman–Crippen LogP) is 2.48. The van der Waals surface area contributed by atoms with E-state index in [2.05, 4.69) is 25.1 Å². The Hall–Kier alpha value is -2.76. The van der Waals surface area contributed by atoms with Crippen LogP contribution in [0.4, 0.5) is 0 Å². The van der Waals surface area contributed by atoms with Gasteiger partial charge in [0, 0.05) is 24.5 Å². The van der Waals surface area contributed by atoms with Crippen LogP contribution < -0.4 is 5.32 Å². The van der Waals surface area contributed by atoms with Crippen molar-refractivity contribution in [2.75, 3.05) is 0 Å². The number of rotatable bonds is 3. The van der Waals surface area contributed by atoms with Crippen molar-refractivity contribution in [3.05, 3.63) is 53.9 Å². The Bertz CT molecular complexity index is 881. The number of carbonyl (C=O) groups is 1. The van der Waals surface area contributed by atoms with Crippen molar-refractivity contribution in [2.24, 2.45) is 0 Å². The summed E-state index contributed by atoms with van der Waals surface area (Å²) in [7, 11) is 0. The van der Waals surface area contributed by atoms with Gasteiger partial charge in [-0.2, -0.15) is 0 Å². The molecule has 1 amide bonds. The van der Waals surface area contributed by atoms with E-state index in [1.807, 2.05) is 30.3 Å². The molecule has 1 aliphatic rings. The summed E-state index contributed by atoms with van der Waals surface area (Å²) in [6.07, 6.45) is 6.14. The maximum atomic E-state index is 12.6. The van der Waals surface area contributed by atoms with Crippen LogP contribution in [0.2, 0.25) is 0 Å². The molecular weight excluding hydrogens is 302 g/mol. The molecule has 6 heteroatoms. The number of hydrogen-bond acceptors (Lipinski definition) is 4. The van der Waals surface area contributed by atoms with Crippen LogP contribution in [-0.4, -0.2) is 25.7 Å². The first kappa shape index (κ1) is 14.8. The number of hydrogen-bond donors (Lipinski definition) is 1. The number of amides is 1. The fourth-order valence-corrected chi connectivity index (χ4v) is 3.22. The second-order valence-corrected chi connectivity index (χ2v) is 6.06. The van der Waals surface area contributed by atoms with Gasteiger partial charge in [0.2, 0.25) is 0 Å². The van der Waals surface area contributed by atoms with Gasteiger partial charge in [-0.1, -0.05) is 30.7 Å². The first-order chi connectivity index (χ1) is 11.8. The number of fused-ring (bicyclic) bond motifs is 2. The van der Waals surface area contributed by atoms with Crippen LogP contribution >= 0.6 is 0 Å². The van der Waals surface area contributed by atoms with E-state index in [-0.39, 0.29) is 5.91 Å².